The lowest BCUT2D eigenvalue weighted by atomic mass is 9.78. The number of hydrogen-bond acceptors (Lipinski definition) is 0. The molecule has 2 aliphatic carbocycles. The first-order valence-electron chi connectivity index (χ1n) is 5.95. The fourth-order valence-electron chi connectivity index (χ4n) is 3.74. The average molecular weight is 204 g/mol. The molecule has 2 atom stereocenters. The SMILES string of the molecule is CC1C(C)C12CCCc1cc(F)ccc12. The summed E-state index contributed by atoms with van der Waals surface area (Å²) in [5.74, 6) is 1.48. The van der Waals surface area contributed by atoms with Gasteiger partial charge in [-0.25, -0.2) is 4.39 Å². The highest BCUT2D eigenvalue weighted by Crippen LogP contribution is 2.64. The fraction of sp³-hybridized carbons (Fsp3) is 0.571. The standard InChI is InChI=1S/C14H17F/c1-9-10(2)14(9)7-3-4-11-8-12(15)5-6-13(11)14/h5-6,8-10H,3-4,7H2,1-2H3. The molecule has 1 aromatic rings. The first-order valence-corrected chi connectivity index (χ1v) is 5.95. The number of halogens is 1. The highest BCUT2D eigenvalue weighted by Gasteiger charge is 2.60. The smallest absolute Gasteiger partial charge is 0.123 e. The largest absolute Gasteiger partial charge is 0.207 e. The molecule has 1 spiro atoms. The van der Waals surface area contributed by atoms with Crippen molar-refractivity contribution in [2.45, 2.75) is 38.5 Å². The molecule has 0 bridgehead atoms. The van der Waals surface area contributed by atoms with Crippen LogP contribution in [0.2, 0.25) is 0 Å². The van der Waals surface area contributed by atoms with Crippen LogP contribution in [0.15, 0.2) is 18.2 Å². The van der Waals surface area contributed by atoms with Gasteiger partial charge >= 0.3 is 0 Å². The summed E-state index contributed by atoms with van der Waals surface area (Å²) in [4.78, 5) is 0. The first-order chi connectivity index (χ1) is 7.16. The van der Waals surface area contributed by atoms with Gasteiger partial charge in [0, 0.05) is 5.41 Å². The first kappa shape index (κ1) is 9.38. The fourth-order valence-corrected chi connectivity index (χ4v) is 3.74. The summed E-state index contributed by atoms with van der Waals surface area (Å²) in [5.41, 5.74) is 3.11. The number of fused-ring (bicyclic) bond motifs is 2. The summed E-state index contributed by atoms with van der Waals surface area (Å²) in [6.45, 7) is 4.67. The molecule has 15 heavy (non-hydrogen) atoms. The van der Waals surface area contributed by atoms with Crippen LogP contribution in [0.25, 0.3) is 0 Å². The highest BCUT2D eigenvalue weighted by molar-refractivity contribution is 5.43. The van der Waals surface area contributed by atoms with Gasteiger partial charge in [0.25, 0.3) is 0 Å². The topological polar surface area (TPSA) is 0 Å². The maximum Gasteiger partial charge on any atom is 0.123 e. The van der Waals surface area contributed by atoms with Crippen LogP contribution in [0.1, 0.15) is 37.8 Å². The molecule has 3 rings (SSSR count). The Balaban J connectivity index is 2.13. The molecule has 1 aromatic carbocycles. The average Bonchev–Trinajstić information content (AvgIpc) is 2.72. The van der Waals surface area contributed by atoms with E-state index in [1.165, 1.54) is 24.0 Å². The van der Waals surface area contributed by atoms with E-state index in [0.29, 0.717) is 5.41 Å². The van der Waals surface area contributed by atoms with E-state index in [4.69, 9.17) is 0 Å². The van der Waals surface area contributed by atoms with Gasteiger partial charge in [-0.3, -0.25) is 0 Å². The van der Waals surface area contributed by atoms with Crippen LogP contribution in [0.4, 0.5) is 4.39 Å². The minimum absolute atomic E-state index is 0.0771. The van der Waals surface area contributed by atoms with E-state index in [1.54, 1.807) is 12.1 Å². The second-order valence-electron chi connectivity index (χ2n) is 5.27. The molecule has 0 saturated heterocycles. The van der Waals surface area contributed by atoms with E-state index >= 15 is 0 Å². The van der Waals surface area contributed by atoms with Crippen LogP contribution in [-0.4, -0.2) is 0 Å². The van der Waals surface area contributed by atoms with Gasteiger partial charge in [0.05, 0.1) is 0 Å². The van der Waals surface area contributed by atoms with E-state index < -0.39 is 0 Å². The second-order valence-corrected chi connectivity index (χ2v) is 5.27. The zero-order valence-electron chi connectivity index (χ0n) is 9.39. The lowest BCUT2D eigenvalue weighted by Crippen LogP contribution is -2.19. The van der Waals surface area contributed by atoms with Crippen LogP contribution in [0, 0.1) is 17.7 Å². The molecular weight excluding hydrogens is 187 g/mol. The summed E-state index contributed by atoms with van der Waals surface area (Å²) in [6.07, 6.45) is 3.59. The van der Waals surface area contributed by atoms with E-state index in [2.05, 4.69) is 13.8 Å². The van der Waals surface area contributed by atoms with Gasteiger partial charge in [-0.1, -0.05) is 19.9 Å². The predicted molar refractivity (Wildman–Crippen MR) is 59.3 cm³/mol. The third-order valence-corrected chi connectivity index (χ3v) is 4.87. The van der Waals surface area contributed by atoms with Crippen molar-refractivity contribution in [2.24, 2.45) is 11.8 Å². The van der Waals surface area contributed by atoms with Crippen molar-refractivity contribution in [2.75, 3.05) is 0 Å². The molecular formula is C14H17F. The van der Waals surface area contributed by atoms with Crippen molar-refractivity contribution in [1.29, 1.82) is 0 Å². The predicted octanol–water partition coefficient (Wildman–Crippen LogP) is 3.69. The lowest BCUT2D eigenvalue weighted by Gasteiger charge is -2.27. The Morgan fingerprint density at radius 2 is 2.00 bits per heavy atom. The molecule has 1 saturated carbocycles. The molecule has 2 aliphatic rings. The van der Waals surface area contributed by atoms with Gasteiger partial charge in [0.2, 0.25) is 0 Å². The van der Waals surface area contributed by atoms with Gasteiger partial charge in [0.15, 0.2) is 0 Å². The van der Waals surface area contributed by atoms with Gasteiger partial charge in [-0.2, -0.15) is 0 Å². The molecule has 0 aromatic heterocycles. The van der Waals surface area contributed by atoms with Crippen LogP contribution >= 0.6 is 0 Å². The molecule has 1 heteroatoms. The van der Waals surface area contributed by atoms with E-state index in [0.717, 1.165) is 18.3 Å². The lowest BCUT2D eigenvalue weighted by molar-refractivity contribution is 0.487. The van der Waals surface area contributed by atoms with E-state index in [9.17, 15) is 4.39 Å². The summed E-state index contributed by atoms with van der Waals surface area (Å²) < 4.78 is 13.2. The Morgan fingerprint density at radius 1 is 1.27 bits per heavy atom. The highest BCUT2D eigenvalue weighted by atomic mass is 19.1. The van der Waals surface area contributed by atoms with Crippen molar-refractivity contribution >= 4 is 0 Å². The maximum atomic E-state index is 13.2. The summed E-state index contributed by atoms with van der Waals surface area (Å²) in [6, 6.07) is 5.40. The van der Waals surface area contributed by atoms with Crippen LogP contribution in [-0.2, 0) is 11.8 Å². The number of aryl methyl sites for hydroxylation is 1. The van der Waals surface area contributed by atoms with Crippen molar-refractivity contribution in [1.82, 2.24) is 0 Å². The number of hydrogen-bond donors (Lipinski definition) is 0. The molecule has 0 radical (unpaired) electrons. The summed E-state index contributed by atoms with van der Waals surface area (Å²) in [7, 11) is 0. The minimum atomic E-state index is -0.0771. The van der Waals surface area contributed by atoms with Crippen molar-refractivity contribution in [3.05, 3.63) is 35.1 Å². The molecule has 1 fully saturated rings. The van der Waals surface area contributed by atoms with E-state index in [-0.39, 0.29) is 5.82 Å². The van der Waals surface area contributed by atoms with Gasteiger partial charge < -0.3 is 0 Å². The van der Waals surface area contributed by atoms with Gasteiger partial charge in [-0.05, 0) is 54.4 Å². The van der Waals surface area contributed by atoms with Crippen molar-refractivity contribution in [3.63, 3.8) is 0 Å². The normalized spacial score (nSPS) is 37.8. The van der Waals surface area contributed by atoms with Gasteiger partial charge in [-0.15, -0.1) is 0 Å². The zero-order valence-corrected chi connectivity index (χ0v) is 9.39. The van der Waals surface area contributed by atoms with E-state index in [1.807, 2.05) is 6.07 Å². The Hall–Kier alpha value is -0.850. The van der Waals surface area contributed by atoms with Crippen LogP contribution in [0.5, 0.6) is 0 Å². The van der Waals surface area contributed by atoms with Gasteiger partial charge in [0.1, 0.15) is 5.82 Å². The number of benzene rings is 1. The second kappa shape index (κ2) is 2.84. The molecule has 0 heterocycles. The maximum absolute atomic E-state index is 13.2. The van der Waals surface area contributed by atoms with Crippen molar-refractivity contribution < 1.29 is 4.39 Å². The van der Waals surface area contributed by atoms with Crippen molar-refractivity contribution in [3.8, 4) is 0 Å². The third kappa shape index (κ3) is 1.07. The zero-order chi connectivity index (χ0) is 10.6. The molecule has 80 valence electrons. The minimum Gasteiger partial charge on any atom is -0.207 e. The Kier molecular flexibility index (Phi) is 1.78. The monoisotopic (exact) mass is 204 g/mol. The van der Waals surface area contributed by atoms with Crippen LogP contribution < -0.4 is 0 Å². The Bertz CT molecular complexity index is 400. The number of rotatable bonds is 0. The Labute approximate surface area is 90.5 Å². The Morgan fingerprint density at radius 3 is 2.67 bits per heavy atom. The van der Waals surface area contributed by atoms with Crippen LogP contribution in [0.3, 0.4) is 0 Å². The summed E-state index contributed by atoms with van der Waals surface area (Å²) in [5, 5.41) is 0. The molecule has 0 amide bonds. The third-order valence-electron chi connectivity index (χ3n) is 4.87. The molecule has 2 unspecified atom stereocenters. The molecule has 0 nitrogen and oxygen atoms in total. The molecule has 0 N–H and O–H groups in total. The quantitative estimate of drug-likeness (QED) is 0.604. The summed E-state index contributed by atoms with van der Waals surface area (Å²) >= 11 is 0. The molecule has 0 aliphatic heterocycles.